The van der Waals surface area contributed by atoms with Crippen molar-refractivity contribution in [3.63, 3.8) is 0 Å². The van der Waals surface area contributed by atoms with Gasteiger partial charge < -0.3 is 15.4 Å². The number of para-hydroxylation sites is 1. The highest BCUT2D eigenvalue weighted by molar-refractivity contribution is 6.12. The smallest absolute Gasteiger partial charge is 0.195 e. The van der Waals surface area contributed by atoms with E-state index in [9.17, 15) is 4.79 Å². The number of anilines is 2. The largest absolute Gasteiger partial charge is 0.490 e. The Morgan fingerprint density at radius 2 is 2.10 bits per heavy atom. The van der Waals surface area contributed by atoms with Gasteiger partial charge in [0.25, 0.3) is 0 Å². The number of fused-ring (bicyclic) bond motifs is 1. The van der Waals surface area contributed by atoms with Crippen LogP contribution in [0.3, 0.4) is 0 Å². The number of benzene rings is 2. The molecule has 2 N–H and O–H groups in total. The van der Waals surface area contributed by atoms with Crippen LogP contribution in [0.4, 0.5) is 11.4 Å². The van der Waals surface area contributed by atoms with Crippen molar-refractivity contribution in [1.82, 2.24) is 0 Å². The van der Waals surface area contributed by atoms with E-state index in [1.54, 1.807) is 12.1 Å². The molecule has 21 heavy (non-hydrogen) atoms. The number of rotatable bonds is 3. The van der Waals surface area contributed by atoms with Gasteiger partial charge in [-0.2, -0.15) is 0 Å². The number of nitrogen functional groups attached to an aromatic ring is 1. The van der Waals surface area contributed by atoms with Crippen LogP contribution in [0.5, 0.6) is 5.75 Å². The highest BCUT2D eigenvalue weighted by Gasteiger charge is 2.19. The normalized spacial score (nSPS) is 13.5. The first-order valence-electron chi connectivity index (χ1n) is 7.11. The van der Waals surface area contributed by atoms with Gasteiger partial charge in [-0.15, -0.1) is 0 Å². The molecule has 1 aliphatic heterocycles. The quantitative estimate of drug-likeness (QED) is 0.694. The molecule has 0 bridgehead atoms. The predicted molar refractivity (Wildman–Crippen MR) is 84.1 cm³/mol. The Hall–Kier alpha value is -2.49. The minimum Gasteiger partial charge on any atom is -0.490 e. The average Bonchev–Trinajstić information content (AvgIpc) is 2.53. The summed E-state index contributed by atoms with van der Waals surface area (Å²) in [5.74, 6) is 0.691. The summed E-state index contributed by atoms with van der Waals surface area (Å²) in [5, 5.41) is 0. The summed E-state index contributed by atoms with van der Waals surface area (Å²) >= 11 is 0. The van der Waals surface area contributed by atoms with Gasteiger partial charge in [-0.3, -0.25) is 4.79 Å². The number of hydrogen-bond donors (Lipinski definition) is 1. The molecule has 0 atom stereocenters. The van der Waals surface area contributed by atoms with E-state index in [2.05, 4.69) is 11.8 Å². The summed E-state index contributed by atoms with van der Waals surface area (Å²) in [6.07, 6.45) is 0. The van der Waals surface area contributed by atoms with Gasteiger partial charge in [0.15, 0.2) is 5.78 Å². The molecule has 2 aromatic carbocycles. The molecule has 0 aliphatic carbocycles. The molecule has 4 heteroatoms. The number of ether oxygens (including phenoxy) is 1. The second-order valence-electron chi connectivity index (χ2n) is 5.03. The summed E-state index contributed by atoms with van der Waals surface area (Å²) in [4.78, 5) is 14.8. The molecule has 2 aromatic rings. The third-order valence-electron chi connectivity index (χ3n) is 3.77. The van der Waals surface area contributed by atoms with Crippen molar-refractivity contribution in [2.24, 2.45) is 0 Å². The maximum Gasteiger partial charge on any atom is 0.195 e. The van der Waals surface area contributed by atoms with Crippen LogP contribution in [-0.2, 0) is 0 Å². The van der Waals surface area contributed by atoms with Gasteiger partial charge >= 0.3 is 0 Å². The molecule has 0 saturated carbocycles. The lowest BCUT2D eigenvalue weighted by atomic mass is 10.0. The zero-order chi connectivity index (χ0) is 14.8. The Morgan fingerprint density at radius 3 is 2.86 bits per heavy atom. The first kappa shape index (κ1) is 13.5. The second kappa shape index (κ2) is 5.48. The van der Waals surface area contributed by atoms with E-state index in [4.69, 9.17) is 10.5 Å². The van der Waals surface area contributed by atoms with E-state index in [-0.39, 0.29) is 5.78 Å². The molecule has 0 aromatic heterocycles. The van der Waals surface area contributed by atoms with Gasteiger partial charge in [-0.1, -0.05) is 12.1 Å². The summed E-state index contributed by atoms with van der Waals surface area (Å²) in [6, 6.07) is 12.7. The fourth-order valence-corrected chi connectivity index (χ4v) is 2.61. The molecule has 108 valence electrons. The monoisotopic (exact) mass is 282 g/mol. The zero-order valence-corrected chi connectivity index (χ0v) is 12.0. The van der Waals surface area contributed by atoms with Crippen molar-refractivity contribution in [2.45, 2.75) is 6.92 Å². The number of likely N-dealkylation sites (N-methyl/N-ethyl adjacent to an activating group) is 1. The van der Waals surface area contributed by atoms with E-state index in [0.717, 1.165) is 24.5 Å². The lowest BCUT2D eigenvalue weighted by Crippen LogP contribution is -2.32. The number of carbonyl (C=O) groups excluding carboxylic acids is 1. The van der Waals surface area contributed by atoms with E-state index in [0.29, 0.717) is 23.4 Å². The first-order valence-corrected chi connectivity index (χ1v) is 7.11. The summed E-state index contributed by atoms with van der Waals surface area (Å²) in [6.45, 7) is 4.56. The van der Waals surface area contributed by atoms with Crippen molar-refractivity contribution in [3.8, 4) is 5.75 Å². The van der Waals surface area contributed by atoms with Gasteiger partial charge in [0.2, 0.25) is 0 Å². The molecule has 0 radical (unpaired) electrons. The van der Waals surface area contributed by atoms with Crippen LogP contribution < -0.4 is 15.4 Å². The number of hydrogen-bond acceptors (Lipinski definition) is 4. The van der Waals surface area contributed by atoms with Crippen LogP contribution in [0.2, 0.25) is 0 Å². The van der Waals surface area contributed by atoms with Crippen LogP contribution in [0.1, 0.15) is 22.8 Å². The highest BCUT2D eigenvalue weighted by atomic mass is 16.5. The van der Waals surface area contributed by atoms with Crippen molar-refractivity contribution >= 4 is 17.2 Å². The SMILES string of the molecule is CCN1CCOc2cc(C(=O)c3ccccc3N)ccc21. The fourth-order valence-electron chi connectivity index (χ4n) is 2.61. The van der Waals surface area contributed by atoms with Crippen LogP contribution in [0, 0.1) is 0 Å². The number of ketones is 1. The van der Waals surface area contributed by atoms with Crippen LogP contribution in [0.25, 0.3) is 0 Å². The van der Waals surface area contributed by atoms with Crippen molar-refractivity contribution in [3.05, 3.63) is 53.6 Å². The van der Waals surface area contributed by atoms with Crippen molar-refractivity contribution in [1.29, 1.82) is 0 Å². The molecule has 3 rings (SSSR count). The van der Waals surface area contributed by atoms with Gasteiger partial charge in [0.1, 0.15) is 12.4 Å². The molecule has 0 fully saturated rings. The standard InChI is InChI=1S/C17H18N2O2/c1-2-19-9-10-21-16-11-12(7-8-15(16)19)17(20)13-5-3-4-6-14(13)18/h3-8,11H,2,9-10,18H2,1H3. The first-order chi connectivity index (χ1) is 10.2. The Labute approximate surface area is 124 Å². The zero-order valence-electron chi connectivity index (χ0n) is 12.0. The topological polar surface area (TPSA) is 55.6 Å². The molecule has 0 unspecified atom stereocenters. The van der Waals surface area contributed by atoms with Crippen LogP contribution in [0.15, 0.2) is 42.5 Å². The maximum atomic E-state index is 12.6. The Balaban J connectivity index is 1.97. The number of carbonyl (C=O) groups is 1. The van der Waals surface area contributed by atoms with Crippen LogP contribution in [-0.4, -0.2) is 25.5 Å². The van der Waals surface area contributed by atoms with Gasteiger partial charge in [0, 0.05) is 23.4 Å². The molecule has 4 nitrogen and oxygen atoms in total. The lowest BCUT2D eigenvalue weighted by molar-refractivity contribution is 0.103. The predicted octanol–water partition coefficient (Wildman–Crippen LogP) is 2.72. The van der Waals surface area contributed by atoms with Crippen molar-refractivity contribution in [2.75, 3.05) is 30.3 Å². The molecular weight excluding hydrogens is 264 g/mol. The highest BCUT2D eigenvalue weighted by Crippen LogP contribution is 2.33. The van der Waals surface area contributed by atoms with E-state index in [1.807, 2.05) is 30.3 Å². The van der Waals surface area contributed by atoms with E-state index < -0.39 is 0 Å². The number of nitrogens with two attached hydrogens (primary N) is 1. The Bertz CT molecular complexity index is 682. The van der Waals surface area contributed by atoms with E-state index >= 15 is 0 Å². The van der Waals surface area contributed by atoms with Gasteiger partial charge in [0.05, 0.1) is 12.2 Å². The summed E-state index contributed by atoms with van der Waals surface area (Å²) in [7, 11) is 0. The molecule has 0 amide bonds. The van der Waals surface area contributed by atoms with E-state index in [1.165, 1.54) is 0 Å². The minimum absolute atomic E-state index is 0.0758. The molecule has 0 saturated heterocycles. The maximum absolute atomic E-state index is 12.6. The molecule has 0 spiro atoms. The lowest BCUT2D eigenvalue weighted by Gasteiger charge is -2.30. The summed E-state index contributed by atoms with van der Waals surface area (Å²) < 4.78 is 5.69. The molecule has 1 aliphatic rings. The third-order valence-corrected chi connectivity index (χ3v) is 3.77. The minimum atomic E-state index is -0.0758. The van der Waals surface area contributed by atoms with Gasteiger partial charge in [-0.05, 0) is 37.3 Å². The van der Waals surface area contributed by atoms with Crippen molar-refractivity contribution < 1.29 is 9.53 Å². The average molecular weight is 282 g/mol. The Kier molecular flexibility index (Phi) is 3.52. The summed E-state index contributed by atoms with van der Waals surface area (Å²) in [5.41, 5.74) is 8.55. The second-order valence-corrected chi connectivity index (χ2v) is 5.03. The molecule has 1 heterocycles. The number of nitrogens with zero attached hydrogens (tertiary/aromatic N) is 1. The van der Waals surface area contributed by atoms with Crippen LogP contribution >= 0.6 is 0 Å². The van der Waals surface area contributed by atoms with Gasteiger partial charge in [-0.25, -0.2) is 0 Å². The molecular formula is C17H18N2O2. The fraction of sp³-hybridized carbons (Fsp3) is 0.235. The Morgan fingerprint density at radius 1 is 1.29 bits per heavy atom. The third kappa shape index (κ3) is 2.44.